The third kappa shape index (κ3) is 6.41. The lowest BCUT2D eigenvalue weighted by molar-refractivity contribution is -0.132. The summed E-state index contributed by atoms with van der Waals surface area (Å²) in [6.07, 6.45) is 0.805. The molecule has 0 aliphatic rings. The topological polar surface area (TPSA) is 55.4 Å². The molecule has 4 nitrogen and oxygen atoms in total. The lowest BCUT2D eigenvalue weighted by atomic mass is 9.86. The van der Waals surface area contributed by atoms with Gasteiger partial charge in [0.15, 0.2) is 5.78 Å². The summed E-state index contributed by atoms with van der Waals surface area (Å²) >= 11 is 0. The second-order valence-corrected chi connectivity index (χ2v) is 5.16. The van der Waals surface area contributed by atoms with Crippen LogP contribution in [-0.2, 0) is 14.3 Å². The Kier molecular flexibility index (Phi) is 7.04. The average molecular weight is 243 g/mol. The molecule has 0 atom stereocenters. The maximum Gasteiger partial charge on any atom is 0.222 e. The van der Waals surface area contributed by atoms with Crippen LogP contribution in [0.15, 0.2) is 0 Å². The number of carbonyl (C=O) groups is 2. The third-order valence-electron chi connectivity index (χ3n) is 2.94. The molecule has 0 saturated carbocycles. The lowest BCUT2D eigenvalue weighted by Gasteiger charge is -2.20. The minimum Gasteiger partial charge on any atom is -0.372 e. The fourth-order valence-electron chi connectivity index (χ4n) is 1.01. The van der Waals surface area contributed by atoms with Gasteiger partial charge in [0.05, 0.1) is 6.61 Å². The predicted molar refractivity (Wildman–Crippen MR) is 67.7 cm³/mol. The summed E-state index contributed by atoms with van der Waals surface area (Å²) in [5.41, 5.74) is -0.318. The second-order valence-electron chi connectivity index (χ2n) is 5.16. The summed E-state index contributed by atoms with van der Waals surface area (Å²) in [6.45, 7) is 10.4. The monoisotopic (exact) mass is 243 g/mol. The molecule has 0 radical (unpaired) electrons. The van der Waals surface area contributed by atoms with Gasteiger partial charge in [-0.05, 0) is 6.42 Å². The Morgan fingerprint density at radius 1 is 1.29 bits per heavy atom. The zero-order chi connectivity index (χ0) is 13.5. The zero-order valence-corrected chi connectivity index (χ0v) is 11.6. The van der Waals surface area contributed by atoms with E-state index in [1.165, 1.54) is 0 Å². The predicted octanol–water partition coefficient (Wildman–Crippen LogP) is 1.78. The van der Waals surface area contributed by atoms with Crippen molar-refractivity contribution in [3.63, 3.8) is 0 Å². The van der Waals surface area contributed by atoms with Crippen LogP contribution in [-0.4, -0.2) is 31.4 Å². The molecular formula is C13H25NO3. The Balaban J connectivity index is 3.66. The molecule has 0 fully saturated rings. The van der Waals surface area contributed by atoms with Crippen LogP contribution in [0.25, 0.3) is 0 Å². The number of ether oxygens (including phenoxy) is 1. The minimum absolute atomic E-state index is 0.00816. The maximum atomic E-state index is 11.7. The van der Waals surface area contributed by atoms with E-state index in [1.807, 2.05) is 34.6 Å². The molecule has 1 amide bonds. The molecule has 4 heteroatoms. The fraction of sp³-hybridized carbons (Fsp3) is 0.846. The van der Waals surface area contributed by atoms with Crippen molar-refractivity contribution < 1.29 is 14.3 Å². The number of rotatable bonds is 8. The van der Waals surface area contributed by atoms with Crippen LogP contribution in [0.4, 0.5) is 0 Å². The molecule has 0 unspecified atom stereocenters. The lowest BCUT2D eigenvalue weighted by Crippen LogP contribution is -2.32. The Labute approximate surface area is 104 Å². The van der Waals surface area contributed by atoms with Crippen LogP contribution >= 0.6 is 0 Å². The first-order valence-electron chi connectivity index (χ1n) is 6.20. The van der Waals surface area contributed by atoms with Gasteiger partial charge in [0.1, 0.15) is 6.61 Å². The first-order chi connectivity index (χ1) is 7.81. The van der Waals surface area contributed by atoms with Crippen LogP contribution in [0, 0.1) is 11.3 Å². The third-order valence-corrected chi connectivity index (χ3v) is 2.94. The molecule has 0 bridgehead atoms. The highest BCUT2D eigenvalue weighted by Gasteiger charge is 2.24. The Morgan fingerprint density at radius 3 is 2.35 bits per heavy atom. The Hall–Kier alpha value is -0.900. The van der Waals surface area contributed by atoms with Crippen molar-refractivity contribution in [3.05, 3.63) is 0 Å². The van der Waals surface area contributed by atoms with Crippen LogP contribution in [0.3, 0.4) is 0 Å². The smallest absolute Gasteiger partial charge is 0.222 e. The van der Waals surface area contributed by atoms with Crippen LogP contribution < -0.4 is 5.32 Å². The van der Waals surface area contributed by atoms with Gasteiger partial charge in [0, 0.05) is 17.9 Å². The van der Waals surface area contributed by atoms with Crippen molar-refractivity contribution in [1.29, 1.82) is 0 Å². The highest BCUT2D eigenvalue weighted by atomic mass is 16.5. The molecule has 0 rings (SSSR count). The number of hydrogen-bond donors (Lipinski definition) is 1. The van der Waals surface area contributed by atoms with Crippen LogP contribution in [0.2, 0.25) is 0 Å². The van der Waals surface area contributed by atoms with E-state index < -0.39 is 0 Å². The van der Waals surface area contributed by atoms with Crippen molar-refractivity contribution in [2.75, 3.05) is 19.8 Å². The number of hydrogen-bond acceptors (Lipinski definition) is 3. The standard InChI is InChI=1S/C13H25NO3/c1-6-13(4,5)11(15)9-17-8-7-14-12(16)10(2)3/h10H,6-9H2,1-5H3,(H,14,16). The molecule has 0 aliphatic heterocycles. The number of carbonyl (C=O) groups excluding carboxylic acids is 2. The summed E-state index contributed by atoms with van der Waals surface area (Å²) in [5.74, 6) is 0.0969. The first-order valence-corrected chi connectivity index (χ1v) is 6.20. The number of Topliss-reactive ketones (excluding diaryl/α,β-unsaturated/α-hetero) is 1. The van der Waals surface area contributed by atoms with Gasteiger partial charge < -0.3 is 10.1 Å². The van der Waals surface area contributed by atoms with Gasteiger partial charge in [-0.1, -0.05) is 34.6 Å². The first kappa shape index (κ1) is 16.1. The van der Waals surface area contributed by atoms with Crippen LogP contribution in [0.5, 0.6) is 0 Å². The molecule has 0 aromatic rings. The van der Waals surface area contributed by atoms with E-state index in [2.05, 4.69) is 5.32 Å². The Morgan fingerprint density at radius 2 is 1.88 bits per heavy atom. The molecule has 17 heavy (non-hydrogen) atoms. The van der Waals surface area contributed by atoms with Crippen molar-refractivity contribution in [1.82, 2.24) is 5.32 Å². The van der Waals surface area contributed by atoms with E-state index in [1.54, 1.807) is 0 Å². The van der Waals surface area contributed by atoms with E-state index in [-0.39, 0.29) is 29.6 Å². The minimum atomic E-state index is -0.318. The molecule has 0 spiro atoms. The van der Waals surface area contributed by atoms with E-state index in [0.717, 1.165) is 6.42 Å². The number of nitrogens with one attached hydrogen (secondary N) is 1. The van der Waals surface area contributed by atoms with Gasteiger partial charge in [-0.3, -0.25) is 9.59 Å². The fourth-order valence-corrected chi connectivity index (χ4v) is 1.01. The SMILES string of the molecule is CCC(C)(C)C(=O)COCCNC(=O)C(C)C. The van der Waals surface area contributed by atoms with Crippen molar-refractivity contribution in [3.8, 4) is 0 Å². The van der Waals surface area contributed by atoms with E-state index >= 15 is 0 Å². The molecule has 0 heterocycles. The van der Waals surface area contributed by atoms with Crippen molar-refractivity contribution >= 4 is 11.7 Å². The van der Waals surface area contributed by atoms with Crippen molar-refractivity contribution in [2.45, 2.75) is 41.0 Å². The zero-order valence-electron chi connectivity index (χ0n) is 11.6. The molecule has 100 valence electrons. The summed E-state index contributed by atoms with van der Waals surface area (Å²) in [5, 5.41) is 2.73. The van der Waals surface area contributed by atoms with Gasteiger partial charge in [0.2, 0.25) is 5.91 Å². The summed E-state index contributed by atoms with van der Waals surface area (Å²) < 4.78 is 5.25. The summed E-state index contributed by atoms with van der Waals surface area (Å²) in [7, 11) is 0. The van der Waals surface area contributed by atoms with E-state index in [0.29, 0.717) is 13.2 Å². The normalized spacial score (nSPS) is 11.6. The molecule has 0 aromatic heterocycles. The summed E-state index contributed by atoms with van der Waals surface area (Å²) in [6, 6.07) is 0. The molecule has 0 aromatic carbocycles. The molecule has 0 saturated heterocycles. The number of ketones is 1. The number of amides is 1. The van der Waals surface area contributed by atoms with Gasteiger partial charge in [0.25, 0.3) is 0 Å². The highest BCUT2D eigenvalue weighted by Crippen LogP contribution is 2.20. The molecule has 1 N–H and O–H groups in total. The maximum absolute atomic E-state index is 11.7. The van der Waals surface area contributed by atoms with E-state index in [9.17, 15) is 9.59 Å². The van der Waals surface area contributed by atoms with Gasteiger partial charge in [-0.25, -0.2) is 0 Å². The Bertz CT molecular complexity index is 259. The highest BCUT2D eigenvalue weighted by molar-refractivity contribution is 5.85. The van der Waals surface area contributed by atoms with Crippen molar-refractivity contribution in [2.24, 2.45) is 11.3 Å². The van der Waals surface area contributed by atoms with Gasteiger partial charge in [-0.15, -0.1) is 0 Å². The average Bonchev–Trinajstić information content (AvgIpc) is 2.27. The van der Waals surface area contributed by atoms with Crippen LogP contribution in [0.1, 0.15) is 41.0 Å². The largest absolute Gasteiger partial charge is 0.372 e. The quantitative estimate of drug-likeness (QED) is 0.661. The van der Waals surface area contributed by atoms with E-state index in [4.69, 9.17) is 4.74 Å². The molecular weight excluding hydrogens is 218 g/mol. The summed E-state index contributed by atoms with van der Waals surface area (Å²) in [4.78, 5) is 22.9. The molecule has 0 aliphatic carbocycles. The van der Waals surface area contributed by atoms with Gasteiger partial charge in [-0.2, -0.15) is 0 Å². The van der Waals surface area contributed by atoms with Gasteiger partial charge >= 0.3 is 0 Å². The second kappa shape index (κ2) is 7.43.